The topological polar surface area (TPSA) is 120 Å². The lowest BCUT2D eigenvalue weighted by Gasteiger charge is -2.34. The van der Waals surface area contributed by atoms with Crippen LogP contribution in [0.5, 0.6) is 0 Å². The summed E-state index contributed by atoms with van der Waals surface area (Å²) >= 11 is 0. The molecule has 36 heavy (non-hydrogen) atoms. The number of amides is 1. The number of rotatable bonds is 5. The van der Waals surface area contributed by atoms with Crippen LogP contribution in [-0.4, -0.2) is 59.9 Å². The van der Waals surface area contributed by atoms with Gasteiger partial charge in [0.05, 0.1) is 10.5 Å². The molecule has 0 aliphatic carbocycles. The van der Waals surface area contributed by atoms with Crippen LogP contribution in [0.3, 0.4) is 0 Å². The average Bonchev–Trinajstić information content (AvgIpc) is 3.44. The van der Waals surface area contributed by atoms with Crippen LogP contribution in [0.4, 0.5) is 0 Å². The number of nitrogens with zero attached hydrogens (tertiary/aromatic N) is 5. The Bertz CT molecular complexity index is 1540. The van der Waals surface area contributed by atoms with E-state index in [1.165, 1.54) is 16.4 Å². The summed E-state index contributed by atoms with van der Waals surface area (Å²) in [6, 6.07) is 24.4. The zero-order chi connectivity index (χ0) is 25.1. The molecule has 10 heteroatoms. The molecule has 1 aliphatic rings. The van der Waals surface area contributed by atoms with Crippen LogP contribution in [0.2, 0.25) is 0 Å². The highest BCUT2D eigenvalue weighted by atomic mass is 32.2. The van der Waals surface area contributed by atoms with E-state index in [1.807, 2.05) is 36.4 Å². The van der Waals surface area contributed by atoms with Crippen molar-refractivity contribution in [3.63, 3.8) is 0 Å². The highest BCUT2D eigenvalue weighted by Gasteiger charge is 2.31. The fraction of sp³-hybridized carbons (Fsp3) is 0.154. The summed E-state index contributed by atoms with van der Waals surface area (Å²) in [5.74, 6) is 0.576. The Kier molecular flexibility index (Phi) is 6.33. The third-order valence-corrected chi connectivity index (χ3v) is 7.93. The Balaban J connectivity index is 1.25. The molecule has 4 aromatic rings. The quantitative estimate of drug-likeness (QED) is 0.412. The van der Waals surface area contributed by atoms with Gasteiger partial charge in [-0.3, -0.25) is 4.79 Å². The molecule has 1 aromatic heterocycles. The Hall–Kier alpha value is -4.33. The van der Waals surface area contributed by atoms with E-state index < -0.39 is 10.0 Å². The smallest absolute Gasteiger partial charge is 0.253 e. The number of carbonyl (C=O) groups is 1. The molecule has 3 aromatic carbocycles. The highest BCUT2D eigenvalue weighted by Crippen LogP contribution is 2.25. The first-order valence-corrected chi connectivity index (χ1v) is 12.7. The standard InChI is InChI=1S/C26H21N5O4S/c27-18-22-8-4-5-9-23(22)36(33,34)31-16-14-30(15-17-31)26(32)21-12-10-20(11-13-21)25-29-28-24(35-25)19-6-2-1-3-7-19/h1-13H,14-17H2. The Morgan fingerprint density at radius 2 is 1.39 bits per heavy atom. The van der Waals surface area contributed by atoms with Crippen LogP contribution >= 0.6 is 0 Å². The molecule has 0 N–H and O–H groups in total. The molecular weight excluding hydrogens is 478 g/mol. The first kappa shape index (κ1) is 23.4. The molecule has 1 amide bonds. The first-order valence-electron chi connectivity index (χ1n) is 11.3. The zero-order valence-electron chi connectivity index (χ0n) is 19.1. The van der Waals surface area contributed by atoms with Gasteiger partial charge in [0.2, 0.25) is 21.8 Å². The number of piperazine rings is 1. The molecule has 0 saturated carbocycles. The van der Waals surface area contributed by atoms with Crippen molar-refractivity contribution in [2.75, 3.05) is 26.2 Å². The highest BCUT2D eigenvalue weighted by molar-refractivity contribution is 7.89. The van der Waals surface area contributed by atoms with Crippen molar-refractivity contribution in [2.24, 2.45) is 0 Å². The second-order valence-corrected chi connectivity index (χ2v) is 10.1. The largest absolute Gasteiger partial charge is 0.416 e. The molecule has 1 saturated heterocycles. The van der Waals surface area contributed by atoms with Crippen molar-refractivity contribution in [1.29, 1.82) is 5.26 Å². The maximum atomic E-state index is 13.0. The van der Waals surface area contributed by atoms with Gasteiger partial charge in [-0.05, 0) is 48.5 Å². The Labute approximate surface area is 208 Å². The van der Waals surface area contributed by atoms with Crippen molar-refractivity contribution in [3.05, 3.63) is 90.0 Å². The van der Waals surface area contributed by atoms with Gasteiger partial charge in [0, 0.05) is 42.9 Å². The molecule has 180 valence electrons. The second-order valence-electron chi connectivity index (χ2n) is 8.16. The summed E-state index contributed by atoms with van der Waals surface area (Å²) in [5, 5.41) is 17.5. The van der Waals surface area contributed by atoms with Crippen molar-refractivity contribution >= 4 is 15.9 Å². The van der Waals surface area contributed by atoms with Crippen molar-refractivity contribution < 1.29 is 17.6 Å². The molecule has 0 atom stereocenters. The van der Waals surface area contributed by atoms with E-state index in [4.69, 9.17) is 4.42 Å². The predicted octanol–water partition coefficient (Wildman–Crippen LogP) is 3.42. The van der Waals surface area contributed by atoms with Crippen LogP contribution in [0.1, 0.15) is 15.9 Å². The van der Waals surface area contributed by atoms with E-state index in [1.54, 1.807) is 41.3 Å². The van der Waals surface area contributed by atoms with Crippen LogP contribution in [0, 0.1) is 11.3 Å². The molecule has 0 unspecified atom stereocenters. The maximum Gasteiger partial charge on any atom is 0.253 e. The molecule has 1 aliphatic heterocycles. The van der Waals surface area contributed by atoms with Crippen LogP contribution in [0.15, 0.2) is 88.2 Å². The van der Waals surface area contributed by atoms with Gasteiger partial charge < -0.3 is 9.32 Å². The molecule has 2 heterocycles. The monoisotopic (exact) mass is 499 g/mol. The molecule has 1 fully saturated rings. The lowest BCUT2D eigenvalue weighted by atomic mass is 10.1. The van der Waals surface area contributed by atoms with E-state index in [9.17, 15) is 18.5 Å². The number of aromatic nitrogens is 2. The minimum absolute atomic E-state index is 0.0145. The van der Waals surface area contributed by atoms with Gasteiger partial charge in [-0.1, -0.05) is 30.3 Å². The van der Waals surface area contributed by atoms with Gasteiger partial charge in [-0.25, -0.2) is 8.42 Å². The van der Waals surface area contributed by atoms with Gasteiger partial charge >= 0.3 is 0 Å². The number of sulfonamides is 1. The number of hydrogen-bond donors (Lipinski definition) is 0. The number of nitriles is 1. The summed E-state index contributed by atoms with van der Waals surface area (Å²) in [6.07, 6.45) is 0. The third kappa shape index (κ3) is 4.49. The van der Waals surface area contributed by atoms with Gasteiger partial charge in [-0.15, -0.1) is 10.2 Å². The minimum Gasteiger partial charge on any atom is -0.416 e. The lowest BCUT2D eigenvalue weighted by molar-refractivity contribution is 0.0698. The molecule has 5 rings (SSSR count). The second kappa shape index (κ2) is 9.73. The van der Waals surface area contributed by atoms with E-state index in [0.29, 0.717) is 22.9 Å². The SMILES string of the molecule is N#Cc1ccccc1S(=O)(=O)N1CCN(C(=O)c2ccc(-c3nnc(-c4ccccc4)o3)cc2)CC1. The van der Waals surface area contributed by atoms with E-state index in [0.717, 1.165) is 5.56 Å². The summed E-state index contributed by atoms with van der Waals surface area (Å²) in [5.41, 5.74) is 2.09. The lowest BCUT2D eigenvalue weighted by Crippen LogP contribution is -2.50. The molecule has 0 bridgehead atoms. The molecule has 9 nitrogen and oxygen atoms in total. The summed E-state index contributed by atoms with van der Waals surface area (Å²) in [7, 11) is -3.82. The fourth-order valence-corrected chi connectivity index (χ4v) is 5.59. The average molecular weight is 500 g/mol. The Morgan fingerprint density at radius 1 is 0.806 bits per heavy atom. The van der Waals surface area contributed by atoms with Crippen LogP contribution in [0.25, 0.3) is 22.9 Å². The van der Waals surface area contributed by atoms with Gasteiger partial charge in [0.25, 0.3) is 5.91 Å². The van der Waals surface area contributed by atoms with Crippen LogP contribution < -0.4 is 0 Å². The fourth-order valence-electron chi connectivity index (χ4n) is 4.03. The maximum absolute atomic E-state index is 13.0. The van der Waals surface area contributed by atoms with Gasteiger partial charge in [-0.2, -0.15) is 9.57 Å². The van der Waals surface area contributed by atoms with Crippen molar-refractivity contribution in [2.45, 2.75) is 4.90 Å². The van der Waals surface area contributed by atoms with Gasteiger partial charge in [0.15, 0.2) is 0 Å². The molecule has 0 spiro atoms. The van der Waals surface area contributed by atoms with Crippen LogP contribution in [-0.2, 0) is 10.0 Å². The normalized spacial score (nSPS) is 14.4. The molecular formula is C26H21N5O4S. The summed E-state index contributed by atoms with van der Waals surface area (Å²) in [4.78, 5) is 14.6. The van der Waals surface area contributed by atoms with E-state index in [2.05, 4.69) is 10.2 Å². The van der Waals surface area contributed by atoms with Gasteiger partial charge in [0.1, 0.15) is 6.07 Å². The first-order chi connectivity index (χ1) is 17.5. The number of carbonyl (C=O) groups excluding carboxylic acids is 1. The zero-order valence-corrected chi connectivity index (χ0v) is 19.9. The number of benzene rings is 3. The third-order valence-electron chi connectivity index (χ3n) is 5.98. The Morgan fingerprint density at radius 3 is 2.03 bits per heavy atom. The number of hydrogen-bond acceptors (Lipinski definition) is 7. The van der Waals surface area contributed by atoms with Crippen molar-refractivity contribution in [1.82, 2.24) is 19.4 Å². The van der Waals surface area contributed by atoms with E-state index >= 15 is 0 Å². The molecule has 0 radical (unpaired) electrons. The summed E-state index contributed by atoms with van der Waals surface area (Å²) in [6.45, 7) is 0.795. The van der Waals surface area contributed by atoms with Crippen molar-refractivity contribution in [3.8, 4) is 29.0 Å². The minimum atomic E-state index is -3.82. The predicted molar refractivity (Wildman–Crippen MR) is 131 cm³/mol. The van der Waals surface area contributed by atoms with E-state index in [-0.39, 0.29) is 42.5 Å². The summed E-state index contributed by atoms with van der Waals surface area (Å²) < 4.78 is 33.1.